The van der Waals surface area contributed by atoms with Gasteiger partial charge in [-0.25, -0.2) is 0 Å². The van der Waals surface area contributed by atoms with E-state index in [0.29, 0.717) is 11.3 Å². The molecule has 104 valence electrons. The fourth-order valence-electron chi connectivity index (χ4n) is 4.34. The van der Waals surface area contributed by atoms with Crippen molar-refractivity contribution in [2.45, 2.75) is 64.3 Å². The molecule has 3 unspecified atom stereocenters. The minimum absolute atomic E-state index is 0.455. The molecule has 2 nitrogen and oxygen atoms in total. The van der Waals surface area contributed by atoms with Gasteiger partial charge in [0.15, 0.2) is 0 Å². The van der Waals surface area contributed by atoms with Crippen LogP contribution in [0.2, 0.25) is 0 Å². The Morgan fingerprint density at radius 1 is 1.42 bits per heavy atom. The zero-order valence-corrected chi connectivity index (χ0v) is 12.3. The second kappa shape index (κ2) is 5.24. The first-order chi connectivity index (χ1) is 9.23. The molecule has 0 amide bonds. The molecule has 3 rings (SSSR count). The van der Waals surface area contributed by atoms with E-state index in [9.17, 15) is 0 Å². The van der Waals surface area contributed by atoms with E-state index in [1.54, 1.807) is 0 Å². The molecule has 0 aliphatic heterocycles. The number of hydrogen-bond donors (Lipinski definition) is 1. The molecule has 0 bridgehead atoms. The average Bonchev–Trinajstić information content (AvgIpc) is 2.81. The molecular formula is C17H26N2. The van der Waals surface area contributed by atoms with Crippen LogP contribution in [0.5, 0.6) is 0 Å². The van der Waals surface area contributed by atoms with Crippen LogP contribution in [0.3, 0.4) is 0 Å². The molecule has 2 heteroatoms. The summed E-state index contributed by atoms with van der Waals surface area (Å²) in [6.07, 6.45) is 9.89. The van der Waals surface area contributed by atoms with Crippen molar-refractivity contribution in [2.24, 2.45) is 5.41 Å². The van der Waals surface area contributed by atoms with Gasteiger partial charge in [-0.3, -0.25) is 4.98 Å². The Morgan fingerprint density at radius 3 is 3.16 bits per heavy atom. The van der Waals surface area contributed by atoms with Crippen molar-refractivity contribution in [3.05, 3.63) is 29.6 Å². The minimum Gasteiger partial charge on any atom is -0.314 e. The van der Waals surface area contributed by atoms with E-state index < -0.39 is 0 Å². The first-order valence-corrected chi connectivity index (χ1v) is 7.90. The van der Waals surface area contributed by atoms with Gasteiger partial charge in [-0.2, -0.15) is 0 Å². The normalized spacial score (nSPS) is 34.2. The maximum Gasteiger partial charge on any atom is 0.0471 e. The highest BCUT2D eigenvalue weighted by Crippen LogP contribution is 2.52. The van der Waals surface area contributed by atoms with Gasteiger partial charge < -0.3 is 5.32 Å². The molecule has 0 saturated heterocycles. The van der Waals surface area contributed by atoms with E-state index in [1.165, 1.54) is 49.8 Å². The van der Waals surface area contributed by atoms with Crippen LogP contribution in [0.4, 0.5) is 0 Å². The first-order valence-electron chi connectivity index (χ1n) is 7.90. The lowest BCUT2D eigenvalue weighted by atomic mass is 9.68. The maximum atomic E-state index is 4.74. The second-order valence-electron chi connectivity index (χ2n) is 6.64. The van der Waals surface area contributed by atoms with Crippen LogP contribution >= 0.6 is 0 Å². The largest absolute Gasteiger partial charge is 0.314 e. The van der Waals surface area contributed by atoms with Gasteiger partial charge in [-0.1, -0.05) is 19.9 Å². The lowest BCUT2D eigenvalue weighted by Gasteiger charge is -2.37. The van der Waals surface area contributed by atoms with Crippen LogP contribution in [0.1, 0.15) is 63.1 Å². The van der Waals surface area contributed by atoms with Crippen molar-refractivity contribution >= 4 is 0 Å². The summed E-state index contributed by atoms with van der Waals surface area (Å²) in [6, 6.07) is 5.11. The molecule has 19 heavy (non-hydrogen) atoms. The molecule has 1 heterocycles. The van der Waals surface area contributed by atoms with Crippen LogP contribution in [0.25, 0.3) is 0 Å². The van der Waals surface area contributed by atoms with Crippen molar-refractivity contribution in [1.29, 1.82) is 0 Å². The first kappa shape index (κ1) is 13.1. The highest BCUT2D eigenvalue weighted by Gasteiger charge is 2.43. The third-order valence-corrected chi connectivity index (χ3v) is 5.31. The summed E-state index contributed by atoms with van der Waals surface area (Å²) in [5.74, 6) is 0.682. The number of nitrogens with one attached hydrogen (secondary N) is 1. The molecule has 1 fully saturated rings. The van der Waals surface area contributed by atoms with E-state index in [2.05, 4.69) is 31.3 Å². The smallest absolute Gasteiger partial charge is 0.0471 e. The van der Waals surface area contributed by atoms with E-state index in [1.807, 2.05) is 6.20 Å². The van der Waals surface area contributed by atoms with E-state index in [-0.39, 0.29) is 0 Å². The highest BCUT2D eigenvalue weighted by molar-refractivity contribution is 5.28. The number of aromatic nitrogens is 1. The molecule has 1 N–H and O–H groups in total. The molecular weight excluding hydrogens is 232 g/mol. The van der Waals surface area contributed by atoms with Gasteiger partial charge in [0.25, 0.3) is 0 Å². The molecule has 1 aromatic rings. The van der Waals surface area contributed by atoms with Crippen LogP contribution in [-0.2, 0) is 6.42 Å². The lowest BCUT2D eigenvalue weighted by molar-refractivity contribution is 0.227. The molecule has 1 saturated carbocycles. The quantitative estimate of drug-likeness (QED) is 0.895. The Balaban J connectivity index is 1.83. The average molecular weight is 258 g/mol. The summed E-state index contributed by atoms with van der Waals surface area (Å²) in [5.41, 5.74) is 3.37. The van der Waals surface area contributed by atoms with Gasteiger partial charge in [0, 0.05) is 23.9 Å². The minimum atomic E-state index is 0.455. The summed E-state index contributed by atoms with van der Waals surface area (Å²) in [6.45, 7) is 5.81. The Labute approximate surface area is 117 Å². The van der Waals surface area contributed by atoms with Crippen molar-refractivity contribution in [3.63, 3.8) is 0 Å². The fourth-order valence-corrected chi connectivity index (χ4v) is 4.34. The van der Waals surface area contributed by atoms with Gasteiger partial charge in [0.1, 0.15) is 0 Å². The third-order valence-electron chi connectivity index (χ3n) is 5.31. The molecule has 0 spiro atoms. The van der Waals surface area contributed by atoms with Crippen LogP contribution in [0.15, 0.2) is 18.3 Å². The predicted octanol–water partition coefficient (Wildman–Crippen LogP) is 3.67. The summed E-state index contributed by atoms with van der Waals surface area (Å²) in [5, 5.41) is 3.64. The van der Waals surface area contributed by atoms with E-state index in [4.69, 9.17) is 4.98 Å². The predicted molar refractivity (Wildman–Crippen MR) is 79.3 cm³/mol. The number of hydrogen-bond acceptors (Lipinski definition) is 2. The van der Waals surface area contributed by atoms with Crippen LogP contribution < -0.4 is 5.32 Å². The Morgan fingerprint density at radius 2 is 2.32 bits per heavy atom. The SMILES string of the molecule is CCNC1CCC(C)(C2CCCc3cccnc32)C1. The van der Waals surface area contributed by atoms with Crippen molar-refractivity contribution < 1.29 is 0 Å². The molecule has 2 aliphatic carbocycles. The number of rotatable bonds is 3. The summed E-state index contributed by atoms with van der Waals surface area (Å²) >= 11 is 0. The maximum absolute atomic E-state index is 4.74. The van der Waals surface area contributed by atoms with Gasteiger partial charge >= 0.3 is 0 Å². The van der Waals surface area contributed by atoms with E-state index >= 15 is 0 Å². The van der Waals surface area contributed by atoms with Gasteiger partial charge in [0.05, 0.1) is 0 Å². The Bertz CT molecular complexity index is 443. The third kappa shape index (κ3) is 2.43. The second-order valence-corrected chi connectivity index (χ2v) is 6.64. The number of pyridine rings is 1. The van der Waals surface area contributed by atoms with E-state index in [0.717, 1.165) is 12.6 Å². The number of nitrogens with zero attached hydrogens (tertiary/aromatic N) is 1. The lowest BCUT2D eigenvalue weighted by Crippen LogP contribution is -2.31. The summed E-state index contributed by atoms with van der Waals surface area (Å²) < 4.78 is 0. The van der Waals surface area contributed by atoms with Gasteiger partial charge in [-0.15, -0.1) is 0 Å². The molecule has 2 aliphatic rings. The molecule has 1 aromatic heterocycles. The summed E-state index contributed by atoms with van der Waals surface area (Å²) in [4.78, 5) is 4.74. The Hall–Kier alpha value is -0.890. The fraction of sp³-hybridized carbons (Fsp3) is 0.706. The highest BCUT2D eigenvalue weighted by atomic mass is 14.9. The zero-order chi connectivity index (χ0) is 13.3. The van der Waals surface area contributed by atoms with Gasteiger partial charge in [-0.05, 0) is 62.1 Å². The Kier molecular flexibility index (Phi) is 3.62. The standard InChI is InChI=1S/C17H26N2/c1-3-18-14-9-10-17(2,12-14)15-8-4-6-13-7-5-11-19-16(13)15/h5,7,11,14-15,18H,3-4,6,8-10,12H2,1-2H3. The number of aryl methyl sites for hydroxylation is 1. The van der Waals surface area contributed by atoms with Crippen molar-refractivity contribution in [1.82, 2.24) is 10.3 Å². The molecule has 0 radical (unpaired) electrons. The summed E-state index contributed by atoms with van der Waals surface area (Å²) in [7, 11) is 0. The van der Waals surface area contributed by atoms with Crippen molar-refractivity contribution in [2.75, 3.05) is 6.54 Å². The molecule has 0 aromatic carbocycles. The topological polar surface area (TPSA) is 24.9 Å². The van der Waals surface area contributed by atoms with Crippen molar-refractivity contribution in [3.8, 4) is 0 Å². The van der Waals surface area contributed by atoms with Crippen LogP contribution in [0, 0.1) is 5.41 Å². The monoisotopic (exact) mass is 258 g/mol. The zero-order valence-electron chi connectivity index (χ0n) is 12.3. The van der Waals surface area contributed by atoms with Crippen LogP contribution in [-0.4, -0.2) is 17.6 Å². The molecule has 3 atom stereocenters. The van der Waals surface area contributed by atoms with Gasteiger partial charge in [0.2, 0.25) is 0 Å². The number of fused-ring (bicyclic) bond motifs is 1.